The molecule has 1 N–H and O–H groups in total. The molecule has 1 aliphatic rings. The van der Waals surface area contributed by atoms with Crippen molar-refractivity contribution in [1.29, 1.82) is 0 Å². The van der Waals surface area contributed by atoms with Gasteiger partial charge in [0, 0.05) is 18.0 Å². The number of hydrogen-bond donors (Lipinski definition) is 1. The van der Waals surface area contributed by atoms with Gasteiger partial charge in [-0.15, -0.1) is 11.3 Å². The number of aromatic nitrogens is 2. The van der Waals surface area contributed by atoms with Crippen molar-refractivity contribution in [2.75, 3.05) is 13.1 Å². The van der Waals surface area contributed by atoms with E-state index < -0.39 is 5.60 Å². The van der Waals surface area contributed by atoms with E-state index in [0.29, 0.717) is 31.3 Å². The predicted octanol–water partition coefficient (Wildman–Crippen LogP) is 3.23. The zero-order valence-electron chi connectivity index (χ0n) is 17.6. The van der Waals surface area contributed by atoms with Crippen LogP contribution in [0.15, 0.2) is 41.5 Å². The van der Waals surface area contributed by atoms with Crippen LogP contribution in [0, 0.1) is 13.8 Å². The maximum atomic E-state index is 13.0. The van der Waals surface area contributed by atoms with Crippen LogP contribution in [0.5, 0.6) is 0 Å². The number of benzene rings is 1. The molecule has 158 valence electrons. The predicted molar refractivity (Wildman–Crippen MR) is 119 cm³/mol. The lowest BCUT2D eigenvalue weighted by molar-refractivity contribution is -0.137. The van der Waals surface area contributed by atoms with Crippen molar-refractivity contribution in [3.8, 4) is 0 Å². The zero-order valence-corrected chi connectivity index (χ0v) is 18.4. The van der Waals surface area contributed by atoms with E-state index in [9.17, 15) is 14.7 Å². The largest absolute Gasteiger partial charge is 0.388 e. The third-order valence-corrected chi connectivity index (χ3v) is 7.41. The van der Waals surface area contributed by atoms with Crippen molar-refractivity contribution in [3.63, 3.8) is 0 Å². The number of aryl methyl sites for hydroxylation is 2. The molecule has 0 spiro atoms. The minimum Gasteiger partial charge on any atom is -0.388 e. The summed E-state index contributed by atoms with van der Waals surface area (Å²) in [5, 5.41) is 11.8. The van der Waals surface area contributed by atoms with E-state index in [0.717, 1.165) is 20.8 Å². The average molecular weight is 426 g/mol. The first kappa shape index (κ1) is 20.8. The second kappa shape index (κ2) is 7.96. The monoisotopic (exact) mass is 425 g/mol. The summed E-state index contributed by atoms with van der Waals surface area (Å²) in [5.74, 6) is -0.135. The fourth-order valence-corrected chi connectivity index (χ4v) is 5.15. The van der Waals surface area contributed by atoms with Gasteiger partial charge in [-0.25, -0.2) is 4.98 Å². The van der Waals surface area contributed by atoms with Gasteiger partial charge < -0.3 is 10.0 Å². The number of aliphatic hydroxyl groups is 1. The van der Waals surface area contributed by atoms with Crippen LogP contribution in [0.25, 0.3) is 10.2 Å². The molecule has 1 amide bonds. The molecule has 1 aliphatic heterocycles. The quantitative estimate of drug-likeness (QED) is 0.696. The fourth-order valence-electron chi connectivity index (χ4n) is 4.16. The molecule has 0 aliphatic carbocycles. The molecule has 4 rings (SSSR count). The van der Waals surface area contributed by atoms with Gasteiger partial charge in [0.15, 0.2) is 0 Å². The fraction of sp³-hybridized carbons (Fsp3) is 0.435. The van der Waals surface area contributed by atoms with Crippen LogP contribution >= 0.6 is 11.3 Å². The van der Waals surface area contributed by atoms with Gasteiger partial charge in [0.2, 0.25) is 5.91 Å². The highest BCUT2D eigenvalue weighted by Crippen LogP contribution is 2.28. The Kier molecular flexibility index (Phi) is 5.51. The van der Waals surface area contributed by atoms with Gasteiger partial charge in [0.1, 0.15) is 4.83 Å². The van der Waals surface area contributed by atoms with Crippen LogP contribution in [0.2, 0.25) is 0 Å². The Morgan fingerprint density at radius 3 is 2.57 bits per heavy atom. The van der Waals surface area contributed by atoms with Crippen LogP contribution in [0.1, 0.15) is 41.7 Å². The maximum absolute atomic E-state index is 13.0. The van der Waals surface area contributed by atoms with Crippen molar-refractivity contribution < 1.29 is 9.90 Å². The van der Waals surface area contributed by atoms with Crippen molar-refractivity contribution in [1.82, 2.24) is 14.5 Å². The van der Waals surface area contributed by atoms with Gasteiger partial charge in [-0.05, 0) is 44.7 Å². The first-order valence-corrected chi connectivity index (χ1v) is 11.1. The summed E-state index contributed by atoms with van der Waals surface area (Å²) < 4.78 is 1.52. The lowest BCUT2D eigenvalue weighted by atomic mass is 9.90. The van der Waals surface area contributed by atoms with Crippen LogP contribution < -0.4 is 5.56 Å². The van der Waals surface area contributed by atoms with Gasteiger partial charge in [0.05, 0.1) is 29.8 Å². The van der Waals surface area contributed by atoms with Crippen molar-refractivity contribution in [2.45, 2.75) is 51.7 Å². The summed E-state index contributed by atoms with van der Waals surface area (Å²) in [7, 11) is 0. The summed E-state index contributed by atoms with van der Waals surface area (Å²) in [6, 6.07) is 9.74. The number of carbonyl (C=O) groups is 1. The van der Waals surface area contributed by atoms with Crippen LogP contribution in [0.3, 0.4) is 0 Å². The Morgan fingerprint density at radius 1 is 1.23 bits per heavy atom. The number of rotatable bonds is 4. The molecule has 7 heteroatoms. The number of thiophene rings is 1. The Morgan fingerprint density at radius 2 is 1.90 bits per heavy atom. The van der Waals surface area contributed by atoms with E-state index in [1.165, 1.54) is 22.2 Å². The number of likely N-dealkylation sites (tertiary alicyclic amines) is 1. The molecule has 1 aromatic carbocycles. The molecule has 0 radical (unpaired) electrons. The van der Waals surface area contributed by atoms with Gasteiger partial charge >= 0.3 is 0 Å². The first-order valence-electron chi connectivity index (χ1n) is 10.3. The number of amides is 1. The highest BCUT2D eigenvalue weighted by Gasteiger charge is 2.36. The summed E-state index contributed by atoms with van der Waals surface area (Å²) >= 11 is 1.52. The van der Waals surface area contributed by atoms with Crippen LogP contribution in [-0.2, 0) is 11.3 Å². The lowest BCUT2D eigenvalue weighted by Gasteiger charge is -2.39. The SMILES string of the molecule is Cc1sc2ncn(CC3(O)CCN(C(=O)[C@@H](C)c4ccccc4)CC3)c(=O)c2c1C. The number of carbonyl (C=O) groups excluding carboxylic acids is 1. The molecule has 0 bridgehead atoms. The first-order chi connectivity index (χ1) is 14.3. The summed E-state index contributed by atoms with van der Waals surface area (Å²) in [6.07, 6.45) is 2.41. The minimum atomic E-state index is -1.02. The molecule has 1 atom stereocenters. The average Bonchev–Trinajstić information content (AvgIpc) is 3.04. The van der Waals surface area contributed by atoms with Gasteiger partial charge in [0.25, 0.3) is 5.56 Å². The molecule has 1 fully saturated rings. The smallest absolute Gasteiger partial charge is 0.262 e. The summed E-state index contributed by atoms with van der Waals surface area (Å²) in [6.45, 7) is 7.00. The van der Waals surface area contributed by atoms with E-state index in [1.54, 1.807) is 0 Å². The zero-order chi connectivity index (χ0) is 21.5. The Labute approximate surface area is 179 Å². The van der Waals surface area contributed by atoms with E-state index in [4.69, 9.17) is 0 Å². The third kappa shape index (κ3) is 3.79. The molecule has 0 unspecified atom stereocenters. The van der Waals surface area contributed by atoms with E-state index >= 15 is 0 Å². The van der Waals surface area contributed by atoms with Gasteiger partial charge in [-0.2, -0.15) is 0 Å². The summed E-state index contributed by atoms with van der Waals surface area (Å²) in [5.41, 5.74) is 0.830. The molecular formula is C23H27N3O3S. The Hall–Kier alpha value is -2.51. The molecule has 0 saturated carbocycles. The number of hydrogen-bond acceptors (Lipinski definition) is 5. The number of nitrogens with zero attached hydrogens (tertiary/aromatic N) is 3. The minimum absolute atomic E-state index is 0.0767. The second-order valence-electron chi connectivity index (χ2n) is 8.32. The molecule has 1 saturated heterocycles. The molecule has 30 heavy (non-hydrogen) atoms. The molecule has 3 heterocycles. The molecule has 6 nitrogen and oxygen atoms in total. The lowest BCUT2D eigenvalue weighted by Crippen LogP contribution is -2.50. The van der Waals surface area contributed by atoms with Crippen molar-refractivity contribution in [2.24, 2.45) is 0 Å². The second-order valence-corrected chi connectivity index (χ2v) is 9.53. The van der Waals surface area contributed by atoms with Crippen LogP contribution in [0.4, 0.5) is 0 Å². The van der Waals surface area contributed by atoms with E-state index in [1.807, 2.05) is 56.0 Å². The van der Waals surface area contributed by atoms with Crippen molar-refractivity contribution in [3.05, 3.63) is 63.0 Å². The van der Waals surface area contributed by atoms with E-state index in [2.05, 4.69) is 4.98 Å². The highest BCUT2D eigenvalue weighted by molar-refractivity contribution is 7.18. The Bertz CT molecular complexity index is 1130. The highest BCUT2D eigenvalue weighted by atomic mass is 32.1. The number of fused-ring (bicyclic) bond motifs is 1. The van der Waals surface area contributed by atoms with Gasteiger partial charge in [-0.3, -0.25) is 14.2 Å². The van der Waals surface area contributed by atoms with Crippen molar-refractivity contribution >= 4 is 27.5 Å². The molecule has 2 aromatic heterocycles. The normalized spacial score (nSPS) is 17.3. The maximum Gasteiger partial charge on any atom is 0.262 e. The summed E-state index contributed by atoms with van der Waals surface area (Å²) in [4.78, 5) is 33.9. The van der Waals surface area contributed by atoms with Gasteiger partial charge in [-0.1, -0.05) is 30.3 Å². The van der Waals surface area contributed by atoms with Crippen LogP contribution in [-0.4, -0.2) is 44.2 Å². The molecule has 3 aromatic rings. The topological polar surface area (TPSA) is 75.4 Å². The standard InChI is InChI=1S/C23H27N3O3S/c1-15-17(3)30-20-19(15)22(28)26(14-24-20)13-23(29)9-11-25(12-10-23)21(27)16(2)18-7-5-4-6-8-18/h4-8,14,16,29H,9-13H2,1-3H3/t16-/m0/s1. The Balaban J connectivity index is 1.46. The number of piperidine rings is 1. The third-order valence-electron chi connectivity index (χ3n) is 6.30. The molecular weight excluding hydrogens is 398 g/mol. The van der Waals surface area contributed by atoms with E-state index in [-0.39, 0.29) is 23.9 Å².